The number of methoxy groups -OCH3 is 1. The SMILES string of the molecule is C=COC.CCOC(N)=O. The monoisotopic (exact) mass is 147 g/mol. The van der Waals surface area contributed by atoms with Crippen molar-refractivity contribution in [3.05, 3.63) is 12.8 Å². The summed E-state index contributed by atoms with van der Waals surface area (Å²) in [5.41, 5.74) is 4.54. The summed E-state index contributed by atoms with van der Waals surface area (Å²) in [7, 11) is 1.56. The van der Waals surface area contributed by atoms with E-state index in [4.69, 9.17) is 0 Å². The number of carbonyl (C=O) groups is 1. The maximum absolute atomic E-state index is 9.60. The van der Waals surface area contributed by atoms with Crippen LogP contribution in [-0.2, 0) is 9.47 Å². The maximum atomic E-state index is 9.60. The Bertz CT molecular complexity index is 93.0. The number of carbonyl (C=O) groups excluding carboxylic acids is 1. The van der Waals surface area contributed by atoms with Gasteiger partial charge in [0.05, 0.1) is 20.0 Å². The van der Waals surface area contributed by atoms with Gasteiger partial charge in [0.2, 0.25) is 0 Å². The van der Waals surface area contributed by atoms with Gasteiger partial charge in [0.15, 0.2) is 0 Å². The first-order chi connectivity index (χ1) is 4.68. The summed E-state index contributed by atoms with van der Waals surface area (Å²) < 4.78 is 8.49. The van der Waals surface area contributed by atoms with Crippen LogP contribution in [0.5, 0.6) is 0 Å². The van der Waals surface area contributed by atoms with E-state index >= 15 is 0 Å². The second kappa shape index (κ2) is 10.7. The normalized spacial score (nSPS) is 6.60. The Balaban J connectivity index is 0. The van der Waals surface area contributed by atoms with Crippen molar-refractivity contribution >= 4 is 6.09 Å². The zero-order chi connectivity index (χ0) is 8.41. The molecule has 0 aliphatic rings. The molecule has 0 fully saturated rings. The first-order valence-corrected chi connectivity index (χ1v) is 2.74. The van der Waals surface area contributed by atoms with Crippen LogP contribution in [0.15, 0.2) is 12.8 Å². The average Bonchev–Trinajstić information content (AvgIpc) is 1.89. The van der Waals surface area contributed by atoms with Crippen LogP contribution in [0, 0.1) is 0 Å². The molecule has 60 valence electrons. The summed E-state index contributed by atoms with van der Waals surface area (Å²) in [6.45, 7) is 5.31. The Kier molecular flexibility index (Phi) is 12.4. The highest BCUT2D eigenvalue weighted by atomic mass is 16.5. The largest absolute Gasteiger partial charge is 0.505 e. The molecule has 0 heterocycles. The third kappa shape index (κ3) is 29.1. The second-order valence-corrected chi connectivity index (χ2v) is 1.15. The van der Waals surface area contributed by atoms with Gasteiger partial charge in [-0.05, 0) is 6.92 Å². The van der Waals surface area contributed by atoms with E-state index in [1.54, 1.807) is 14.0 Å². The lowest BCUT2D eigenvalue weighted by Crippen LogP contribution is -2.11. The Labute approximate surface area is 60.6 Å². The van der Waals surface area contributed by atoms with Crippen molar-refractivity contribution in [1.82, 2.24) is 0 Å². The number of hydrogen-bond donors (Lipinski definition) is 1. The summed E-state index contributed by atoms with van der Waals surface area (Å²) in [5, 5.41) is 0. The predicted octanol–water partition coefficient (Wildman–Crippen LogP) is 0.878. The van der Waals surface area contributed by atoms with Gasteiger partial charge in [-0.25, -0.2) is 4.79 Å². The molecule has 0 aliphatic carbocycles. The van der Waals surface area contributed by atoms with Gasteiger partial charge in [-0.3, -0.25) is 0 Å². The maximum Gasteiger partial charge on any atom is 0.404 e. The van der Waals surface area contributed by atoms with Crippen LogP contribution < -0.4 is 5.73 Å². The summed E-state index contributed by atoms with van der Waals surface area (Å²) >= 11 is 0. The molecule has 10 heavy (non-hydrogen) atoms. The summed E-state index contributed by atoms with van der Waals surface area (Å²) in [6.07, 6.45) is 0.664. The Morgan fingerprint density at radius 1 is 1.80 bits per heavy atom. The van der Waals surface area contributed by atoms with Gasteiger partial charge in [-0.15, -0.1) is 0 Å². The molecule has 0 aliphatic heterocycles. The average molecular weight is 147 g/mol. The molecule has 0 unspecified atom stereocenters. The highest BCUT2D eigenvalue weighted by Crippen LogP contribution is 1.66. The smallest absolute Gasteiger partial charge is 0.404 e. The van der Waals surface area contributed by atoms with Gasteiger partial charge in [-0.2, -0.15) is 0 Å². The van der Waals surface area contributed by atoms with Gasteiger partial charge in [0.25, 0.3) is 0 Å². The molecule has 0 saturated heterocycles. The molecular formula is C6H13NO3. The summed E-state index contributed by atoms with van der Waals surface area (Å²) in [5.74, 6) is 0. The van der Waals surface area contributed by atoms with Crippen LogP contribution in [-0.4, -0.2) is 19.8 Å². The van der Waals surface area contributed by atoms with E-state index in [-0.39, 0.29) is 0 Å². The van der Waals surface area contributed by atoms with Crippen LogP contribution in [0.3, 0.4) is 0 Å². The number of nitrogens with two attached hydrogens (primary N) is 1. The van der Waals surface area contributed by atoms with Crippen LogP contribution in [0.25, 0.3) is 0 Å². The standard InChI is InChI=1S/C3H7NO2.C3H6O/c1-2-6-3(4)5;1-3-4-2/h2H2,1H3,(H2,4,5);3H,1H2,2H3. The molecular weight excluding hydrogens is 134 g/mol. The van der Waals surface area contributed by atoms with Crippen LogP contribution in [0.1, 0.15) is 6.92 Å². The third-order valence-corrected chi connectivity index (χ3v) is 0.453. The topological polar surface area (TPSA) is 61.6 Å². The Morgan fingerprint density at radius 2 is 2.20 bits per heavy atom. The molecule has 1 amide bonds. The Hall–Kier alpha value is -1.19. The zero-order valence-electron chi connectivity index (χ0n) is 6.29. The number of ether oxygens (including phenoxy) is 2. The molecule has 0 bridgehead atoms. The summed E-state index contributed by atoms with van der Waals surface area (Å²) in [6, 6.07) is 0. The van der Waals surface area contributed by atoms with Crippen molar-refractivity contribution in [3.63, 3.8) is 0 Å². The minimum Gasteiger partial charge on any atom is -0.505 e. The summed E-state index contributed by atoms with van der Waals surface area (Å²) in [4.78, 5) is 9.60. The van der Waals surface area contributed by atoms with Crippen LogP contribution in [0.4, 0.5) is 4.79 Å². The molecule has 0 radical (unpaired) electrons. The molecule has 0 spiro atoms. The van der Waals surface area contributed by atoms with E-state index in [0.717, 1.165) is 0 Å². The van der Waals surface area contributed by atoms with E-state index in [2.05, 4.69) is 21.8 Å². The fraction of sp³-hybridized carbons (Fsp3) is 0.500. The minimum absolute atomic E-state index is 0.356. The van der Waals surface area contributed by atoms with E-state index in [9.17, 15) is 4.79 Å². The fourth-order valence-electron chi connectivity index (χ4n) is 0.142. The minimum atomic E-state index is -0.711. The van der Waals surface area contributed by atoms with Crippen molar-refractivity contribution in [2.24, 2.45) is 5.73 Å². The molecule has 0 atom stereocenters. The lowest BCUT2D eigenvalue weighted by atomic mass is 10.9. The van der Waals surface area contributed by atoms with Crippen molar-refractivity contribution in [1.29, 1.82) is 0 Å². The first kappa shape index (κ1) is 11.6. The quantitative estimate of drug-likeness (QED) is 0.590. The molecule has 0 aromatic carbocycles. The molecule has 0 aromatic rings. The molecule has 0 rings (SSSR count). The molecule has 4 nitrogen and oxygen atoms in total. The van der Waals surface area contributed by atoms with Gasteiger partial charge in [0, 0.05) is 0 Å². The van der Waals surface area contributed by atoms with E-state index < -0.39 is 6.09 Å². The van der Waals surface area contributed by atoms with Crippen molar-refractivity contribution in [2.45, 2.75) is 6.92 Å². The number of amides is 1. The van der Waals surface area contributed by atoms with Gasteiger partial charge in [0.1, 0.15) is 0 Å². The first-order valence-electron chi connectivity index (χ1n) is 2.74. The van der Waals surface area contributed by atoms with E-state index in [1.807, 2.05) is 0 Å². The van der Waals surface area contributed by atoms with Gasteiger partial charge < -0.3 is 15.2 Å². The van der Waals surface area contributed by atoms with Crippen molar-refractivity contribution in [3.8, 4) is 0 Å². The van der Waals surface area contributed by atoms with Gasteiger partial charge >= 0.3 is 6.09 Å². The van der Waals surface area contributed by atoms with E-state index in [0.29, 0.717) is 6.61 Å². The van der Waals surface area contributed by atoms with Crippen LogP contribution in [0.2, 0.25) is 0 Å². The highest BCUT2D eigenvalue weighted by Gasteiger charge is 1.82. The fourth-order valence-corrected chi connectivity index (χ4v) is 0.142. The van der Waals surface area contributed by atoms with E-state index in [1.165, 1.54) is 6.26 Å². The predicted molar refractivity (Wildman–Crippen MR) is 38.4 cm³/mol. The Morgan fingerprint density at radius 3 is 2.20 bits per heavy atom. The third-order valence-electron chi connectivity index (χ3n) is 0.453. The number of primary amides is 1. The number of hydrogen-bond acceptors (Lipinski definition) is 3. The highest BCUT2D eigenvalue weighted by molar-refractivity contribution is 5.64. The van der Waals surface area contributed by atoms with Crippen LogP contribution >= 0.6 is 0 Å². The second-order valence-electron chi connectivity index (χ2n) is 1.15. The van der Waals surface area contributed by atoms with Crippen molar-refractivity contribution in [2.75, 3.05) is 13.7 Å². The lowest BCUT2D eigenvalue weighted by molar-refractivity contribution is 0.163. The zero-order valence-corrected chi connectivity index (χ0v) is 6.29. The number of rotatable bonds is 2. The molecule has 0 aromatic heterocycles. The lowest BCUT2D eigenvalue weighted by Gasteiger charge is -1.89. The molecule has 0 saturated carbocycles. The van der Waals surface area contributed by atoms with Gasteiger partial charge in [-0.1, -0.05) is 6.58 Å². The van der Waals surface area contributed by atoms with Crippen molar-refractivity contribution < 1.29 is 14.3 Å². The molecule has 4 heteroatoms. The molecule has 2 N–H and O–H groups in total.